The summed E-state index contributed by atoms with van der Waals surface area (Å²) in [6.07, 6.45) is 4.34. The number of carbonyl (C=O) groups excluding carboxylic acids is 1. The molecule has 0 N–H and O–H groups in total. The molecule has 3 rings (SSSR count). The number of hydrogen-bond acceptors (Lipinski definition) is 3. The van der Waals surface area contributed by atoms with Crippen LogP contribution in [0.1, 0.15) is 28.0 Å². The standard InChI is InChI=1S/C17H15Cl2N3O/c1-11-8-14(10-20-21-11)17(23)22-6-4-12(5-7-22)13-2-3-15(18)16(19)9-13/h2-4,8-10H,5-7H2,1H3. The monoisotopic (exact) mass is 347 g/mol. The third-order valence-electron chi connectivity index (χ3n) is 3.81. The molecule has 1 aromatic carbocycles. The van der Waals surface area contributed by atoms with Crippen LogP contribution in [0, 0.1) is 6.92 Å². The van der Waals surface area contributed by atoms with Crippen LogP contribution in [0.4, 0.5) is 0 Å². The molecule has 0 atom stereocenters. The minimum Gasteiger partial charge on any atom is -0.335 e. The van der Waals surface area contributed by atoms with Crippen LogP contribution in [-0.2, 0) is 0 Å². The normalized spacial score (nSPS) is 14.6. The fourth-order valence-electron chi connectivity index (χ4n) is 2.58. The Labute approximate surface area is 144 Å². The summed E-state index contributed by atoms with van der Waals surface area (Å²) < 4.78 is 0. The molecule has 118 valence electrons. The van der Waals surface area contributed by atoms with Crippen LogP contribution in [0.3, 0.4) is 0 Å². The van der Waals surface area contributed by atoms with Gasteiger partial charge in [0.25, 0.3) is 5.91 Å². The lowest BCUT2D eigenvalue weighted by Crippen LogP contribution is -2.34. The van der Waals surface area contributed by atoms with Crippen molar-refractivity contribution >= 4 is 34.7 Å². The fraction of sp³-hybridized carbons (Fsp3) is 0.235. The van der Waals surface area contributed by atoms with Gasteiger partial charge in [-0.2, -0.15) is 10.2 Å². The summed E-state index contributed by atoms with van der Waals surface area (Å²) in [5, 5.41) is 8.81. The zero-order valence-corrected chi connectivity index (χ0v) is 14.1. The molecule has 0 saturated carbocycles. The minimum absolute atomic E-state index is 0.0209. The Morgan fingerprint density at radius 2 is 2.04 bits per heavy atom. The molecule has 0 fully saturated rings. The van der Waals surface area contributed by atoms with E-state index in [1.54, 1.807) is 17.0 Å². The molecule has 0 aliphatic carbocycles. The lowest BCUT2D eigenvalue weighted by molar-refractivity contribution is 0.0772. The third-order valence-corrected chi connectivity index (χ3v) is 4.55. The number of hydrogen-bond donors (Lipinski definition) is 0. The maximum atomic E-state index is 12.5. The second-order valence-electron chi connectivity index (χ2n) is 5.45. The average Bonchev–Trinajstić information content (AvgIpc) is 2.57. The van der Waals surface area contributed by atoms with E-state index in [0.717, 1.165) is 17.7 Å². The molecule has 0 saturated heterocycles. The van der Waals surface area contributed by atoms with Crippen molar-refractivity contribution in [1.82, 2.24) is 15.1 Å². The van der Waals surface area contributed by atoms with Gasteiger partial charge >= 0.3 is 0 Å². The van der Waals surface area contributed by atoms with E-state index in [1.807, 2.05) is 19.1 Å². The first-order chi connectivity index (χ1) is 11.0. The highest BCUT2D eigenvalue weighted by molar-refractivity contribution is 6.42. The molecular weight excluding hydrogens is 333 g/mol. The van der Waals surface area contributed by atoms with E-state index in [0.29, 0.717) is 28.7 Å². The molecule has 0 unspecified atom stereocenters. The molecule has 0 bridgehead atoms. The smallest absolute Gasteiger partial charge is 0.255 e. The average molecular weight is 348 g/mol. The molecule has 6 heteroatoms. The van der Waals surface area contributed by atoms with Gasteiger partial charge in [-0.1, -0.05) is 35.3 Å². The van der Waals surface area contributed by atoms with E-state index >= 15 is 0 Å². The van der Waals surface area contributed by atoms with Gasteiger partial charge in [0.15, 0.2) is 0 Å². The molecule has 1 amide bonds. The highest BCUT2D eigenvalue weighted by Crippen LogP contribution is 2.29. The van der Waals surface area contributed by atoms with Crippen LogP contribution in [0.5, 0.6) is 0 Å². The van der Waals surface area contributed by atoms with Crippen molar-refractivity contribution < 1.29 is 4.79 Å². The van der Waals surface area contributed by atoms with Gasteiger partial charge in [-0.05, 0) is 42.7 Å². The van der Waals surface area contributed by atoms with Gasteiger partial charge < -0.3 is 4.90 Å². The Kier molecular flexibility index (Phi) is 4.64. The van der Waals surface area contributed by atoms with Crippen molar-refractivity contribution in [1.29, 1.82) is 0 Å². The van der Waals surface area contributed by atoms with Gasteiger partial charge in [0, 0.05) is 13.1 Å². The van der Waals surface area contributed by atoms with E-state index in [9.17, 15) is 4.79 Å². The zero-order valence-electron chi connectivity index (χ0n) is 12.6. The number of nitrogens with zero attached hydrogens (tertiary/aromatic N) is 3. The molecule has 0 spiro atoms. The van der Waals surface area contributed by atoms with E-state index in [-0.39, 0.29) is 5.91 Å². The first-order valence-electron chi connectivity index (χ1n) is 7.27. The van der Waals surface area contributed by atoms with Crippen LogP contribution >= 0.6 is 23.2 Å². The SMILES string of the molecule is Cc1cc(C(=O)N2CC=C(c3ccc(Cl)c(Cl)c3)CC2)cnn1. The molecular formula is C17H15Cl2N3O. The van der Waals surface area contributed by atoms with Gasteiger partial charge in [-0.15, -0.1) is 0 Å². The zero-order chi connectivity index (χ0) is 16.4. The molecule has 1 aliphatic heterocycles. The summed E-state index contributed by atoms with van der Waals surface area (Å²) in [4.78, 5) is 14.3. The van der Waals surface area contributed by atoms with Gasteiger partial charge in [0.05, 0.1) is 27.5 Å². The number of benzene rings is 1. The van der Waals surface area contributed by atoms with Crippen LogP contribution in [-0.4, -0.2) is 34.1 Å². The number of carbonyl (C=O) groups is 1. The van der Waals surface area contributed by atoms with Crippen molar-refractivity contribution in [3.8, 4) is 0 Å². The van der Waals surface area contributed by atoms with E-state index < -0.39 is 0 Å². The van der Waals surface area contributed by atoms with Gasteiger partial charge in [0.2, 0.25) is 0 Å². The summed E-state index contributed by atoms with van der Waals surface area (Å²) in [6.45, 7) is 3.05. The lowest BCUT2D eigenvalue weighted by Gasteiger charge is -2.26. The van der Waals surface area contributed by atoms with Crippen molar-refractivity contribution in [2.75, 3.05) is 13.1 Å². The largest absolute Gasteiger partial charge is 0.335 e. The maximum absolute atomic E-state index is 12.5. The van der Waals surface area contributed by atoms with Crippen molar-refractivity contribution in [3.63, 3.8) is 0 Å². The minimum atomic E-state index is -0.0209. The van der Waals surface area contributed by atoms with Gasteiger partial charge in [-0.25, -0.2) is 0 Å². The molecule has 23 heavy (non-hydrogen) atoms. The Morgan fingerprint density at radius 3 is 2.70 bits per heavy atom. The predicted octanol–water partition coefficient (Wildman–Crippen LogP) is 4.02. The summed E-state index contributed by atoms with van der Waals surface area (Å²) in [7, 11) is 0. The van der Waals surface area contributed by atoms with E-state index in [1.165, 1.54) is 11.8 Å². The Morgan fingerprint density at radius 1 is 1.22 bits per heavy atom. The van der Waals surface area contributed by atoms with Crippen LogP contribution in [0.2, 0.25) is 10.0 Å². The summed E-state index contributed by atoms with van der Waals surface area (Å²) in [5.41, 5.74) is 3.54. The topological polar surface area (TPSA) is 46.1 Å². The Hall–Kier alpha value is -1.91. The highest BCUT2D eigenvalue weighted by atomic mass is 35.5. The Balaban J connectivity index is 1.75. The number of aromatic nitrogens is 2. The second-order valence-corrected chi connectivity index (χ2v) is 6.26. The molecule has 0 radical (unpaired) electrons. The summed E-state index contributed by atoms with van der Waals surface area (Å²) in [6, 6.07) is 7.37. The van der Waals surface area contributed by atoms with Crippen LogP contribution < -0.4 is 0 Å². The maximum Gasteiger partial charge on any atom is 0.255 e. The van der Waals surface area contributed by atoms with Crippen molar-refractivity contribution in [2.45, 2.75) is 13.3 Å². The first kappa shape index (κ1) is 16.0. The highest BCUT2D eigenvalue weighted by Gasteiger charge is 2.20. The summed E-state index contributed by atoms with van der Waals surface area (Å²) in [5.74, 6) is -0.0209. The van der Waals surface area contributed by atoms with Gasteiger partial charge in [0.1, 0.15) is 0 Å². The van der Waals surface area contributed by atoms with Crippen molar-refractivity contribution in [2.24, 2.45) is 0 Å². The van der Waals surface area contributed by atoms with Crippen LogP contribution in [0.25, 0.3) is 5.57 Å². The van der Waals surface area contributed by atoms with E-state index in [2.05, 4.69) is 16.3 Å². The Bertz CT molecular complexity index is 789. The molecule has 1 aliphatic rings. The predicted molar refractivity (Wildman–Crippen MR) is 91.7 cm³/mol. The van der Waals surface area contributed by atoms with Gasteiger partial charge in [-0.3, -0.25) is 4.79 Å². The first-order valence-corrected chi connectivity index (χ1v) is 8.03. The van der Waals surface area contributed by atoms with Crippen LogP contribution in [0.15, 0.2) is 36.5 Å². The molecule has 2 aromatic rings. The molecule has 4 nitrogen and oxygen atoms in total. The summed E-state index contributed by atoms with van der Waals surface area (Å²) >= 11 is 12.0. The second kappa shape index (κ2) is 6.69. The molecule has 1 aromatic heterocycles. The number of aryl methyl sites for hydroxylation is 1. The number of rotatable bonds is 2. The number of halogens is 2. The van der Waals surface area contributed by atoms with Crippen molar-refractivity contribution in [3.05, 3.63) is 63.4 Å². The lowest BCUT2D eigenvalue weighted by atomic mass is 9.99. The molecule has 2 heterocycles. The third kappa shape index (κ3) is 3.54. The number of amides is 1. The van der Waals surface area contributed by atoms with E-state index in [4.69, 9.17) is 23.2 Å². The quantitative estimate of drug-likeness (QED) is 0.823. The fourth-order valence-corrected chi connectivity index (χ4v) is 2.88.